The molecule has 186 valence electrons. The van der Waals surface area contributed by atoms with Crippen molar-refractivity contribution in [2.45, 2.75) is 26.3 Å². The second-order valence-electron chi connectivity index (χ2n) is 8.55. The highest BCUT2D eigenvalue weighted by Crippen LogP contribution is 2.36. The van der Waals surface area contributed by atoms with Crippen LogP contribution in [0.15, 0.2) is 55.1 Å². The molecule has 1 fully saturated rings. The molecule has 0 aromatic heterocycles. The van der Waals surface area contributed by atoms with Crippen molar-refractivity contribution in [3.63, 3.8) is 0 Å². The molecule has 8 heteroatoms. The Kier molecular flexibility index (Phi) is 8.26. The molecule has 2 aliphatic heterocycles. The molecule has 0 bridgehead atoms. The zero-order valence-corrected chi connectivity index (χ0v) is 20.1. The van der Waals surface area contributed by atoms with Gasteiger partial charge in [0.2, 0.25) is 12.7 Å². The molecule has 8 nitrogen and oxygen atoms in total. The van der Waals surface area contributed by atoms with Crippen molar-refractivity contribution in [1.29, 1.82) is 0 Å². The summed E-state index contributed by atoms with van der Waals surface area (Å²) < 4.78 is 22.0. The first-order valence-corrected chi connectivity index (χ1v) is 12.0. The number of ether oxygens (including phenoxy) is 4. The molecule has 1 saturated heterocycles. The molecule has 2 aliphatic rings. The van der Waals surface area contributed by atoms with Gasteiger partial charge in [0.1, 0.15) is 12.4 Å². The van der Waals surface area contributed by atoms with Gasteiger partial charge in [0.05, 0.1) is 25.6 Å². The zero-order valence-electron chi connectivity index (χ0n) is 20.1. The van der Waals surface area contributed by atoms with E-state index in [2.05, 4.69) is 6.58 Å². The zero-order chi connectivity index (χ0) is 24.6. The second kappa shape index (κ2) is 11.8. The van der Waals surface area contributed by atoms with Gasteiger partial charge >= 0.3 is 5.97 Å². The first-order valence-electron chi connectivity index (χ1n) is 12.0. The summed E-state index contributed by atoms with van der Waals surface area (Å²) in [6.07, 6.45) is 3.32. The van der Waals surface area contributed by atoms with Crippen LogP contribution in [-0.4, -0.2) is 56.4 Å². The summed E-state index contributed by atoms with van der Waals surface area (Å²) in [4.78, 5) is 29.7. The number of benzene rings is 2. The van der Waals surface area contributed by atoms with Gasteiger partial charge in [0.15, 0.2) is 11.5 Å². The molecule has 0 aliphatic carbocycles. The number of carbonyl (C=O) groups excluding carboxylic acids is 2. The van der Waals surface area contributed by atoms with Crippen molar-refractivity contribution >= 4 is 17.6 Å². The van der Waals surface area contributed by atoms with E-state index >= 15 is 0 Å². The molecule has 35 heavy (non-hydrogen) atoms. The summed E-state index contributed by atoms with van der Waals surface area (Å²) in [5, 5.41) is 0. The van der Waals surface area contributed by atoms with Crippen molar-refractivity contribution in [1.82, 2.24) is 4.90 Å². The number of piperidine rings is 1. The van der Waals surface area contributed by atoms with Crippen LogP contribution in [0, 0.1) is 5.92 Å². The third-order valence-corrected chi connectivity index (χ3v) is 6.11. The lowest BCUT2D eigenvalue weighted by Crippen LogP contribution is -2.45. The maximum absolute atomic E-state index is 13.7. The quantitative estimate of drug-likeness (QED) is 0.378. The van der Waals surface area contributed by atoms with Crippen molar-refractivity contribution in [2.24, 2.45) is 5.92 Å². The Morgan fingerprint density at radius 1 is 1.20 bits per heavy atom. The summed E-state index contributed by atoms with van der Waals surface area (Å²) in [5.74, 6) is 1.49. The minimum Gasteiger partial charge on any atom is -0.489 e. The van der Waals surface area contributed by atoms with E-state index in [0.29, 0.717) is 49.2 Å². The minimum absolute atomic E-state index is 0.0769. The lowest BCUT2D eigenvalue weighted by atomic mass is 9.98. The van der Waals surface area contributed by atoms with E-state index in [1.165, 1.54) is 0 Å². The Morgan fingerprint density at radius 2 is 2.03 bits per heavy atom. The second-order valence-corrected chi connectivity index (χ2v) is 8.55. The lowest BCUT2D eigenvalue weighted by molar-refractivity contribution is -0.150. The summed E-state index contributed by atoms with van der Waals surface area (Å²) in [6.45, 7) is 8.21. The molecule has 2 aromatic rings. The first-order chi connectivity index (χ1) is 17.1. The predicted molar refractivity (Wildman–Crippen MR) is 132 cm³/mol. The molecule has 1 atom stereocenters. The maximum Gasteiger partial charge on any atom is 0.310 e. The molecule has 0 radical (unpaired) electrons. The van der Waals surface area contributed by atoms with Gasteiger partial charge in [-0.25, -0.2) is 0 Å². The smallest absolute Gasteiger partial charge is 0.310 e. The largest absolute Gasteiger partial charge is 0.489 e. The van der Waals surface area contributed by atoms with Crippen LogP contribution in [-0.2, 0) is 20.9 Å². The van der Waals surface area contributed by atoms with Gasteiger partial charge in [0.25, 0.3) is 0 Å². The van der Waals surface area contributed by atoms with Gasteiger partial charge in [-0.1, -0.05) is 30.9 Å². The van der Waals surface area contributed by atoms with Gasteiger partial charge in [-0.05, 0) is 44.5 Å². The fourth-order valence-corrected chi connectivity index (χ4v) is 4.40. The Labute approximate surface area is 206 Å². The van der Waals surface area contributed by atoms with Gasteiger partial charge in [-0.3, -0.25) is 14.5 Å². The van der Waals surface area contributed by atoms with Crippen LogP contribution >= 0.6 is 0 Å². The SMILES string of the molecule is C=CCOc1ccccc1CN(C(=O)CN1CCCC(C(=O)OCC)C1)c1ccc2c(c1)OCO2. The number of amides is 1. The third-order valence-electron chi connectivity index (χ3n) is 6.11. The number of carbonyl (C=O) groups is 2. The highest BCUT2D eigenvalue weighted by Gasteiger charge is 2.30. The average molecular weight is 481 g/mol. The normalized spacial score (nSPS) is 17.0. The Bertz CT molecular complexity index is 1060. The predicted octanol–water partition coefficient (Wildman–Crippen LogP) is 3.79. The summed E-state index contributed by atoms with van der Waals surface area (Å²) >= 11 is 0. The number of likely N-dealkylation sites (tertiary alicyclic amines) is 1. The van der Waals surface area contributed by atoms with Crippen LogP contribution in [0.25, 0.3) is 0 Å². The van der Waals surface area contributed by atoms with E-state index in [9.17, 15) is 9.59 Å². The fraction of sp³-hybridized carbons (Fsp3) is 0.407. The summed E-state index contributed by atoms with van der Waals surface area (Å²) in [7, 11) is 0. The monoisotopic (exact) mass is 480 g/mol. The molecule has 0 spiro atoms. The summed E-state index contributed by atoms with van der Waals surface area (Å²) in [5.41, 5.74) is 1.58. The van der Waals surface area contributed by atoms with E-state index < -0.39 is 0 Å². The summed E-state index contributed by atoms with van der Waals surface area (Å²) in [6, 6.07) is 13.2. The Morgan fingerprint density at radius 3 is 2.86 bits per heavy atom. The highest BCUT2D eigenvalue weighted by molar-refractivity contribution is 5.95. The molecule has 2 heterocycles. The maximum atomic E-state index is 13.7. The molecular weight excluding hydrogens is 448 g/mol. The third kappa shape index (κ3) is 6.14. The van der Waals surface area contributed by atoms with E-state index in [1.807, 2.05) is 54.3 Å². The minimum atomic E-state index is -0.205. The van der Waals surface area contributed by atoms with Gasteiger partial charge in [-0.2, -0.15) is 0 Å². The van der Waals surface area contributed by atoms with Crippen molar-refractivity contribution in [2.75, 3.05) is 44.5 Å². The van der Waals surface area contributed by atoms with Crippen LogP contribution in [0.1, 0.15) is 25.3 Å². The van der Waals surface area contributed by atoms with Crippen LogP contribution < -0.4 is 19.1 Å². The number of para-hydroxylation sites is 1. The van der Waals surface area contributed by atoms with Crippen LogP contribution in [0.2, 0.25) is 0 Å². The number of hydrogen-bond acceptors (Lipinski definition) is 7. The number of anilines is 1. The molecule has 0 N–H and O–H groups in total. The van der Waals surface area contributed by atoms with Gasteiger partial charge < -0.3 is 23.8 Å². The lowest BCUT2D eigenvalue weighted by Gasteiger charge is -2.33. The van der Waals surface area contributed by atoms with Crippen molar-refractivity contribution < 1.29 is 28.5 Å². The van der Waals surface area contributed by atoms with Crippen molar-refractivity contribution in [3.05, 3.63) is 60.7 Å². The van der Waals surface area contributed by atoms with Crippen LogP contribution in [0.5, 0.6) is 17.2 Å². The van der Waals surface area contributed by atoms with Crippen LogP contribution in [0.3, 0.4) is 0 Å². The average Bonchev–Trinajstić information content (AvgIpc) is 3.35. The van der Waals surface area contributed by atoms with E-state index in [4.69, 9.17) is 18.9 Å². The Hall–Kier alpha value is -3.52. The molecular formula is C27H32N2O6. The van der Waals surface area contributed by atoms with Gasteiger partial charge in [-0.15, -0.1) is 0 Å². The Balaban J connectivity index is 1.55. The van der Waals surface area contributed by atoms with Crippen LogP contribution in [0.4, 0.5) is 5.69 Å². The first kappa shape index (κ1) is 24.6. The van der Waals surface area contributed by atoms with E-state index in [0.717, 1.165) is 24.9 Å². The van der Waals surface area contributed by atoms with Crippen molar-refractivity contribution in [3.8, 4) is 17.2 Å². The molecule has 0 saturated carbocycles. The van der Waals surface area contributed by atoms with E-state index in [-0.39, 0.29) is 31.1 Å². The number of esters is 1. The number of fused-ring (bicyclic) bond motifs is 1. The fourth-order valence-electron chi connectivity index (χ4n) is 4.40. The highest BCUT2D eigenvalue weighted by atomic mass is 16.7. The molecule has 4 rings (SSSR count). The molecule has 1 amide bonds. The topological polar surface area (TPSA) is 77.5 Å². The molecule has 1 unspecified atom stereocenters. The van der Waals surface area contributed by atoms with Gasteiger partial charge in [0, 0.05) is 23.9 Å². The number of rotatable bonds is 10. The molecule has 2 aromatic carbocycles. The number of hydrogen-bond donors (Lipinski definition) is 0. The standard InChI is InChI=1S/C27H32N2O6/c1-3-14-33-23-10-6-5-8-20(23)17-29(22-11-12-24-25(15-22)35-19-34-24)26(30)18-28-13-7-9-21(16-28)27(31)32-4-2/h3,5-6,8,10-12,15,21H,1,4,7,9,13-14,16-19H2,2H3. The van der Waals surface area contributed by atoms with E-state index in [1.54, 1.807) is 11.0 Å². The number of nitrogens with zero attached hydrogens (tertiary/aromatic N) is 2.